The van der Waals surface area contributed by atoms with Gasteiger partial charge in [-0.2, -0.15) is 0 Å². The van der Waals surface area contributed by atoms with Crippen molar-refractivity contribution in [1.82, 2.24) is 0 Å². The van der Waals surface area contributed by atoms with Crippen molar-refractivity contribution >= 4 is 6.29 Å². The maximum atomic E-state index is 10.3. The van der Waals surface area contributed by atoms with Gasteiger partial charge in [0.1, 0.15) is 6.29 Å². The van der Waals surface area contributed by atoms with Crippen LogP contribution in [0.3, 0.4) is 0 Å². The van der Waals surface area contributed by atoms with E-state index >= 15 is 0 Å². The molecule has 0 bridgehead atoms. The van der Waals surface area contributed by atoms with E-state index in [2.05, 4.69) is 6.92 Å². The van der Waals surface area contributed by atoms with Gasteiger partial charge in [-0.15, -0.1) is 0 Å². The van der Waals surface area contributed by atoms with Crippen molar-refractivity contribution in [2.75, 3.05) is 7.11 Å². The average Bonchev–Trinajstić information content (AvgIpc) is 2.17. The molecule has 2 nitrogen and oxygen atoms in total. The molecule has 0 rings (SSSR count). The van der Waals surface area contributed by atoms with Crippen LogP contribution in [0, 0.1) is 0 Å². The molecule has 0 spiro atoms. The molecule has 0 saturated carbocycles. The van der Waals surface area contributed by atoms with Gasteiger partial charge in [-0.05, 0) is 25.3 Å². The smallest absolute Gasteiger partial charge is 0.145 e. The van der Waals surface area contributed by atoms with Crippen LogP contribution in [0.2, 0.25) is 0 Å². The maximum absolute atomic E-state index is 10.3. The maximum Gasteiger partial charge on any atom is 0.145 e. The highest BCUT2D eigenvalue weighted by atomic mass is 16.5. The van der Waals surface area contributed by atoms with Gasteiger partial charge in [0.25, 0.3) is 0 Å². The minimum Gasteiger partial charge on any atom is -0.381 e. The molecule has 0 N–H and O–H groups in total. The molecule has 13 heavy (non-hydrogen) atoms. The minimum atomic E-state index is 0.273. The number of rotatable bonds is 7. The van der Waals surface area contributed by atoms with Crippen LogP contribution in [0.4, 0.5) is 0 Å². The summed E-state index contributed by atoms with van der Waals surface area (Å²) in [7, 11) is 1.73. The van der Waals surface area contributed by atoms with Crippen LogP contribution >= 0.6 is 0 Å². The van der Waals surface area contributed by atoms with Crippen LogP contribution in [-0.2, 0) is 9.53 Å². The second-order valence-electron chi connectivity index (χ2n) is 3.30. The number of hydrogen-bond donors (Lipinski definition) is 0. The predicted molar refractivity (Wildman–Crippen MR) is 54.8 cm³/mol. The summed E-state index contributed by atoms with van der Waals surface area (Å²) in [6.07, 6.45) is 7.40. The Morgan fingerprint density at radius 3 is 2.69 bits per heavy atom. The van der Waals surface area contributed by atoms with Crippen molar-refractivity contribution in [1.29, 1.82) is 0 Å². The molecular weight excluding hydrogens is 164 g/mol. The van der Waals surface area contributed by atoms with Crippen molar-refractivity contribution in [2.24, 2.45) is 0 Å². The summed E-state index contributed by atoms with van der Waals surface area (Å²) in [5.74, 6) is 0. The Kier molecular flexibility index (Phi) is 7.60. The Balaban J connectivity index is 3.76. The summed E-state index contributed by atoms with van der Waals surface area (Å²) in [4.78, 5) is 10.3. The second-order valence-corrected chi connectivity index (χ2v) is 3.30. The van der Waals surface area contributed by atoms with E-state index in [0.717, 1.165) is 24.7 Å². The Morgan fingerprint density at radius 1 is 1.54 bits per heavy atom. The van der Waals surface area contributed by atoms with Crippen molar-refractivity contribution in [3.63, 3.8) is 0 Å². The van der Waals surface area contributed by atoms with Gasteiger partial charge in [0.2, 0.25) is 0 Å². The number of hydrogen-bond acceptors (Lipinski definition) is 2. The molecule has 1 atom stereocenters. The first-order valence-electron chi connectivity index (χ1n) is 4.89. The van der Waals surface area contributed by atoms with Crippen LogP contribution in [0.5, 0.6) is 0 Å². The molecule has 0 aromatic heterocycles. The number of carbonyl (C=O) groups excluding carboxylic acids is 1. The first-order valence-corrected chi connectivity index (χ1v) is 4.89. The molecular formula is C11H20O2. The monoisotopic (exact) mass is 184 g/mol. The lowest BCUT2D eigenvalue weighted by molar-refractivity contribution is -0.104. The highest BCUT2D eigenvalue weighted by molar-refractivity contribution is 5.71. The Bertz CT molecular complexity index is 161. The first-order chi connectivity index (χ1) is 6.24. The fourth-order valence-corrected chi connectivity index (χ4v) is 1.13. The zero-order chi connectivity index (χ0) is 10.1. The van der Waals surface area contributed by atoms with Crippen molar-refractivity contribution < 1.29 is 9.53 Å². The summed E-state index contributed by atoms with van der Waals surface area (Å²) in [5.41, 5.74) is 0.790. The molecule has 0 fully saturated rings. The third kappa shape index (κ3) is 6.52. The molecule has 0 aliphatic rings. The predicted octanol–water partition coefficient (Wildman–Crippen LogP) is 2.73. The van der Waals surface area contributed by atoms with E-state index in [0.29, 0.717) is 0 Å². The second kappa shape index (κ2) is 7.99. The van der Waals surface area contributed by atoms with Crippen molar-refractivity contribution in [2.45, 2.75) is 45.6 Å². The lowest BCUT2D eigenvalue weighted by Crippen LogP contribution is -2.09. The van der Waals surface area contributed by atoms with Gasteiger partial charge >= 0.3 is 0 Å². The quantitative estimate of drug-likeness (QED) is 0.449. The Labute approximate surface area is 81.0 Å². The largest absolute Gasteiger partial charge is 0.381 e. The molecule has 76 valence electrons. The number of ether oxygens (including phenoxy) is 1. The lowest BCUT2D eigenvalue weighted by atomic mass is 10.1. The van der Waals surface area contributed by atoms with Crippen molar-refractivity contribution in [3.8, 4) is 0 Å². The van der Waals surface area contributed by atoms with Gasteiger partial charge in [-0.3, -0.25) is 4.79 Å². The molecule has 0 heterocycles. The zero-order valence-electron chi connectivity index (χ0n) is 8.88. The molecule has 1 unspecified atom stereocenters. The summed E-state index contributed by atoms with van der Waals surface area (Å²) in [5, 5.41) is 0. The number of carbonyl (C=O) groups is 1. The number of allylic oxidation sites excluding steroid dienone is 1. The first kappa shape index (κ1) is 12.4. The third-order valence-corrected chi connectivity index (χ3v) is 2.10. The van der Waals surface area contributed by atoms with E-state index in [1.807, 2.05) is 13.0 Å². The molecule has 0 radical (unpaired) electrons. The highest BCUT2D eigenvalue weighted by Gasteiger charge is 2.03. The van der Waals surface area contributed by atoms with E-state index in [1.54, 1.807) is 7.11 Å². The van der Waals surface area contributed by atoms with Crippen molar-refractivity contribution in [3.05, 3.63) is 11.6 Å². The summed E-state index contributed by atoms with van der Waals surface area (Å²) in [6, 6.07) is 0. The molecule has 0 aromatic rings. The van der Waals surface area contributed by atoms with Gasteiger partial charge in [0.15, 0.2) is 0 Å². The number of unbranched alkanes of at least 4 members (excludes halogenated alkanes) is 1. The number of aldehydes is 1. The lowest BCUT2D eigenvalue weighted by Gasteiger charge is -2.12. The minimum absolute atomic E-state index is 0.273. The molecule has 0 aliphatic heterocycles. The van der Waals surface area contributed by atoms with E-state index in [-0.39, 0.29) is 6.10 Å². The van der Waals surface area contributed by atoms with Gasteiger partial charge in [-0.1, -0.05) is 25.8 Å². The van der Waals surface area contributed by atoms with E-state index in [4.69, 9.17) is 4.74 Å². The Morgan fingerprint density at radius 2 is 2.23 bits per heavy atom. The van der Waals surface area contributed by atoms with Crippen LogP contribution in [-0.4, -0.2) is 19.5 Å². The summed E-state index contributed by atoms with van der Waals surface area (Å²) in [6.45, 7) is 3.98. The molecule has 0 saturated heterocycles. The molecule has 0 aromatic carbocycles. The van der Waals surface area contributed by atoms with Gasteiger partial charge < -0.3 is 4.74 Å². The summed E-state index contributed by atoms with van der Waals surface area (Å²) >= 11 is 0. The standard InChI is InChI=1S/C11H20O2/c1-4-5-6-11(13-3)8-7-10(2)9-12/h7,9,11H,4-6,8H2,1-3H3. The van der Waals surface area contributed by atoms with Crippen LogP contribution in [0.1, 0.15) is 39.5 Å². The zero-order valence-corrected chi connectivity index (χ0v) is 8.88. The van der Waals surface area contributed by atoms with E-state index in [9.17, 15) is 4.79 Å². The SMILES string of the molecule is CCCCC(CC=C(C)C=O)OC. The third-order valence-electron chi connectivity index (χ3n) is 2.10. The topological polar surface area (TPSA) is 26.3 Å². The Hall–Kier alpha value is -0.630. The molecule has 0 aliphatic carbocycles. The number of methoxy groups -OCH3 is 1. The van der Waals surface area contributed by atoms with Crippen LogP contribution in [0.25, 0.3) is 0 Å². The van der Waals surface area contributed by atoms with Gasteiger partial charge in [-0.25, -0.2) is 0 Å². The average molecular weight is 184 g/mol. The normalized spacial score (nSPS) is 14.2. The fourth-order valence-electron chi connectivity index (χ4n) is 1.13. The molecule has 2 heteroatoms. The highest BCUT2D eigenvalue weighted by Crippen LogP contribution is 2.09. The fraction of sp³-hybridized carbons (Fsp3) is 0.727. The molecule has 0 amide bonds. The van der Waals surface area contributed by atoms with E-state index < -0.39 is 0 Å². The van der Waals surface area contributed by atoms with E-state index in [1.165, 1.54) is 12.8 Å². The van der Waals surface area contributed by atoms with Crippen LogP contribution < -0.4 is 0 Å². The van der Waals surface area contributed by atoms with Gasteiger partial charge in [0, 0.05) is 7.11 Å². The summed E-state index contributed by atoms with van der Waals surface area (Å²) < 4.78 is 5.29. The van der Waals surface area contributed by atoms with Crippen LogP contribution in [0.15, 0.2) is 11.6 Å². The van der Waals surface area contributed by atoms with Gasteiger partial charge in [0.05, 0.1) is 6.10 Å².